The van der Waals surface area contributed by atoms with E-state index in [1.807, 2.05) is 0 Å². The first kappa shape index (κ1) is 22.1. The van der Waals surface area contributed by atoms with Crippen LogP contribution in [0.2, 0.25) is 0 Å². The van der Waals surface area contributed by atoms with Gasteiger partial charge in [-0.2, -0.15) is 13.2 Å². The third-order valence-electron chi connectivity index (χ3n) is 4.15. The van der Waals surface area contributed by atoms with Crippen molar-refractivity contribution in [2.24, 2.45) is 10.9 Å². The van der Waals surface area contributed by atoms with Gasteiger partial charge >= 0.3 is 6.18 Å². The van der Waals surface area contributed by atoms with Gasteiger partial charge < -0.3 is 20.1 Å². The van der Waals surface area contributed by atoms with E-state index in [0.717, 1.165) is 44.8 Å². The molecule has 1 unspecified atom stereocenters. The van der Waals surface area contributed by atoms with E-state index in [1.165, 1.54) is 12.1 Å². The Bertz CT molecular complexity index is 673. The second-order valence-corrected chi connectivity index (χ2v) is 6.39. The van der Waals surface area contributed by atoms with E-state index in [1.54, 1.807) is 7.05 Å². The molecule has 1 aliphatic rings. The normalized spacial score (nSPS) is 17.1. The lowest BCUT2D eigenvalue weighted by molar-refractivity contribution is -0.137. The Balaban J connectivity index is 1.60. The van der Waals surface area contributed by atoms with Crippen LogP contribution in [-0.2, 0) is 15.7 Å². The molecule has 1 saturated heterocycles. The maximum absolute atomic E-state index is 12.5. The molecule has 2 N–H and O–H groups in total. The van der Waals surface area contributed by atoms with Gasteiger partial charge in [-0.05, 0) is 37.1 Å². The van der Waals surface area contributed by atoms with Crippen molar-refractivity contribution in [2.75, 3.05) is 46.6 Å². The van der Waals surface area contributed by atoms with Crippen LogP contribution < -0.4 is 10.6 Å². The minimum absolute atomic E-state index is 0.332. The molecule has 154 valence electrons. The van der Waals surface area contributed by atoms with Gasteiger partial charge in [-0.3, -0.25) is 4.99 Å². The van der Waals surface area contributed by atoms with Gasteiger partial charge in [0.25, 0.3) is 0 Å². The van der Waals surface area contributed by atoms with Crippen LogP contribution in [0.1, 0.15) is 24.0 Å². The van der Waals surface area contributed by atoms with Gasteiger partial charge in [0.2, 0.25) is 0 Å². The highest BCUT2D eigenvalue weighted by atomic mass is 19.4. The molecule has 5 nitrogen and oxygen atoms in total. The van der Waals surface area contributed by atoms with E-state index in [0.29, 0.717) is 37.1 Å². The van der Waals surface area contributed by atoms with Crippen molar-refractivity contribution >= 4 is 5.96 Å². The lowest BCUT2D eigenvalue weighted by Crippen LogP contribution is -2.38. The van der Waals surface area contributed by atoms with Gasteiger partial charge in [-0.15, -0.1) is 0 Å². The molecule has 0 spiro atoms. The van der Waals surface area contributed by atoms with Crippen LogP contribution in [-0.4, -0.2) is 52.5 Å². The molecule has 1 aliphatic heterocycles. The molecule has 8 heteroatoms. The fourth-order valence-corrected chi connectivity index (χ4v) is 2.58. The van der Waals surface area contributed by atoms with E-state index < -0.39 is 11.7 Å². The number of hydrogen-bond acceptors (Lipinski definition) is 3. The first-order valence-electron chi connectivity index (χ1n) is 9.25. The maximum atomic E-state index is 12.5. The Morgan fingerprint density at radius 2 is 2.07 bits per heavy atom. The predicted molar refractivity (Wildman–Crippen MR) is 102 cm³/mol. The number of hydrogen-bond donors (Lipinski definition) is 2. The first-order valence-corrected chi connectivity index (χ1v) is 9.25. The van der Waals surface area contributed by atoms with Crippen molar-refractivity contribution in [3.8, 4) is 11.8 Å². The van der Waals surface area contributed by atoms with Crippen LogP contribution in [0.25, 0.3) is 0 Å². The molecule has 1 fully saturated rings. The Morgan fingerprint density at radius 3 is 2.71 bits per heavy atom. The number of nitrogens with zero attached hydrogens (tertiary/aromatic N) is 1. The average Bonchev–Trinajstić information content (AvgIpc) is 3.19. The van der Waals surface area contributed by atoms with Crippen molar-refractivity contribution in [3.63, 3.8) is 0 Å². The zero-order valence-electron chi connectivity index (χ0n) is 15.9. The summed E-state index contributed by atoms with van der Waals surface area (Å²) in [6.07, 6.45) is -2.41. The molecule has 0 bridgehead atoms. The smallest absolute Gasteiger partial charge is 0.381 e. The van der Waals surface area contributed by atoms with E-state index in [2.05, 4.69) is 27.5 Å². The van der Waals surface area contributed by atoms with Crippen LogP contribution in [0, 0.1) is 17.8 Å². The lowest BCUT2D eigenvalue weighted by atomic mass is 10.1. The van der Waals surface area contributed by atoms with Gasteiger partial charge in [0.1, 0.15) is 0 Å². The van der Waals surface area contributed by atoms with Crippen molar-refractivity contribution < 1.29 is 22.6 Å². The van der Waals surface area contributed by atoms with Crippen molar-refractivity contribution in [1.82, 2.24) is 10.6 Å². The average molecular weight is 397 g/mol. The molecule has 0 radical (unpaired) electrons. The monoisotopic (exact) mass is 397 g/mol. The third kappa shape index (κ3) is 8.19. The van der Waals surface area contributed by atoms with Crippen LogP contribution in [0.4, 0.5) is 13.2 Å². The summed E-state index contributed by atoms with van der Waals surface area (Å²) >= 11 is 0. The molecule has 28 heavy (non-hydrogen) atoms. The summed E-state index contributed by atoms with van der Waals surface area (Å²) in [7, 11) is 1.66. The number of rotatable bonds is 7. The summed E-state index contributed by atoms with van der Waals surface area (Å²) < 4.78 is 48.5. The lowest BCUT2D eigenvalue weighted by Gasteiger charge is -2.11. The summed E-state index contributed by atoms with van der Waals surface area (Å²) in [6.45, 7) is 4.09. The van der Waals surface area contributed by atoms with Crippen LogP contribution in [0.3, 0.4) is 0 Å². The van der Waals surface area contributed by atoms with Crippen LogP contribution in [0.15, 0.2) is 29.3 Å². The topological polar surface area (TPSA) is 54.9 Å². The van der Waals surface area contributed by atoms with Crippen molar-refractivity contribution in [1.29, 1.82) is 0 Å². The van der Waals surface area contributed by atoms with Gasteiger partial charge in [-0.25, -0.2) is 0 Å². The standard InChI is InChI=1S/C20H26F3N3O2/c1-24-19(26-11-3-12-27-14-17-9-13-28-15-17)25-10-2-4-16-5-7-18(8-6-16)20(21,22)23/h5-8,17H,3,9-15H2,1H3,(H2,24,25,26). The van der Waals surface area contributed by atoms with Gasteiger partial charge in [0.05, 0.1) is 25.3 Å². The van der Waals surface area contributed by atoms with Crippen LogP contribution in [0.5, 0.6) is 0 Å². The highest BCUT2D eigenvalue weighted by Crippen LogP contribution is 2.28. The Hall–Kier alpha value is -2.24. The molecule has 1 heterocycles. The fourth-order valence-electron chi connectivity index (χ4n) is 2.58. The number of nitrogens with one attached hydrogen (secondary N) is 2. The van der Waals surface area contributed by atoms with Gasteiger partial charge in [0, 0.05) is 38.3 Å². The third-order valence-corrected chi connectivity index (χ3v) is 4.15. The fraction of sp³-hybridized carbons (Fsp3) is 0.550. The second-order valence-electron chi connectivity index (χ2n) is 6.39. The number of alkyl halides is 3. The van der Waals surface area contributed by atoms with E-state index in [9.17, 15) is 13.2 Å². The summed E-state index contributed by atoms with van der Waals surface area (Å²) in [6, 6.07) is 4.78. The molecule has 0 aliphatic carbocycles. The summed E-state index contributed by atoms with van der Waals surface area (Å²) in [5.74, 6) is 6.82. The number of guanidine groups is 1. The molecule has 2 rings (SSSR count). The molecule has 0 saturated carbocycles. The van der Waals surface area contributed by atoms with Crippen molar-refractivity contribution in [3.05, 3.63) is 35.4 Å². The minimum atomic E-state index is -4.33. The quantitative estimate of drug-likeness (QED) is 0.322. The molecule has 0 amide bonds. The summed E-state index contributed by atoms with van der Waals surface area (Å²) in [4.78, 5) is 4.10. The summed E-state index contributed by atoms with van der Waals surface area (Å²) in [5, 5.41) is 6.20. The predicted octanol–water partition coefficient (Wildman–Crippen LogP) is 2.67. The van der Waals surface area contributed by atoms with E-state index in [4.69, 9.17) is 9.47 Å². The largest absolute Gasteiger partial charge is 0.416 e. The second kappa shape index (κ2) is 11.6. The SMILES string of the molecule is CN=C(NCC#Cc1ccc(C(F)(F)F)cc1)NCCCOCC1CCOC1. The Morgan fingerprint density at radius 1 is 1.29 bits per heavy atom. The van der Waals surface area contributed by atoms with Gasteiger partial charge in [-0.1, -0.05) is 11.8 Å². The number of benzene rings is 1. The number of halogens is 3. The highest BCUT2D eigenvalue weighted by molar-refractivity contribution is 5.79. The summed E-state index contributed by atoms with van der Waals surface area (Å²) in [5.41, 5.74) is -0.149. The number of ether oxygens (including phenoxy) is 2. The molecule has 0 aromatic heterocycles. The van der Waals surface area contributed by atoms with E-state index in [-0.39, 0.29) is 0 Å². The zero-order chi connectivity index (χ0) is 20.2. The zero-order valence-corrected chi connectivity index (χ0v) is 15.9. The van der Waals surface area contributed by atoms with Crippen molar-refractivity contribution in [2.45, 2.75) is 19.0 Å². The molecular weight excluding hydrogens is 371 g/mol. The Labute approximate surface area is 163 Å². The molecule has 1 atom stereocenters. The maximum Gasteiger partial charge on any atom is 0.416 e. The Kier molecular flexibility index (Phi) is 9.11. The van der Waals surface area contributed by atoms with Crippen LogP contribution >= 0.6 is 0 Å². The number of aliphatic imine (C=N–C) groups is 1. The van der Waals surface area contributed by atoms with Gasteiger partial charge in [0.15, 0.2) is 5.96 Å². The first-order chi connectivity index (χ1) is 13.5. The molecule has 1 aromatic rings. The molecular formula is C20H26F3N3O2. The molecule has 1 aromatic carbocycles. The van der Waals surface area contributed by atoms with E-state index >= 15 is 0 Å². The minimum Gasteiger partial charge on any atom is -0.381 e. The highest BCUT2D eigenvalue weighted by Gasteiger charge is 2.29.